The van der Waals surface area contributed by atoms with Crippen LogP contribution in [0.1, 0.15) is 16.1 Å². The summed E-state index contributed by atoms with van der Waals surface area (Å²) in [6.07, 6.45) is 0. The molecule has 0 bridgehead atoms. The van der Waals surface area contributed by atoms with Crippen LogP contribution < -0.4 is 20.8 Å². The van der Waals surface area contributed by atoms with Crippen LogP contribution in [0.4, 0.5) is 11.4 Å². The molecule has 178 valence electrons. The molecule has 3 N–H and O–H groups in total. The molecule has 4 aromatic rings. The van der Waals surface area contributed by atoms with Crippen molar-refractivity contribution in [3.05, 3.63) is 86.9 Å². The SMILES string of the molecule is COc1cccc(NC(=O)C(=O)Nn2c(C(=O)Nc3ccc(Br)c(C)c3)cc3cc(Br)ccc32)c1. The molecule has 0 aliphatic carbocycles. The number of methoxy groups -OCH3 is 1. The van der Waals surface area contributed by atoms with Crippen LogP contribution in [0, 0.1) is 6.92 Å². The summed E-state index contributed by atoms with van der Waals surface area (Å²) in [6.45, 7) is 1.91. The lowest BCUT2D eigenvalue weighted by Crippen LogP contribution is -2.36. The molecule has 1 aromatic heterocycles. The second-order valence-corrected chi connectivity index (χ2v) is 9.38. The molecule has 3 amide bonds. The first-order chi connectivity index (χ1) is 16.7. The van der Waals surface area contributed by atoms with Gasteiger partial charge in [-0.1, -0.05) is 37.9 Å². The van der Waals surface area contributed by atoms with Gasteiger partial charge in [-0.25, -0.2) is 4.68 Å². The van der Waals surface area contributed by atoms with Gasteiger partial charge in [-0.2, -0.15) is 0 Å². The molecule has 0 fully saturated rings. The highest BCUT2D eigenvalue weighted by molar-refractivity contribution is 9.10. The van der Waals surface area contributed by atoms with Gasteiger partial charge in [0, 0.05) is 31.8 Å². The normalized spacial score (nSPS) is 10.6. The Balaban J connectivity index is 1.62. The quantitative estimate of drug-likeness (QED) is 0.266. The Bertz CT molecular complexity index is 1470. The Morgan fingerprint density at radius 1 is 0.857 bits per heavy atom. The minimum Gasteiger partial charge on any atom is -0.497 e. The predicted molar refractivity (Wildman–Crippen MR) is 142 cm³/mol. The molecule has 0 aliphatic rings. The topological polar surface area (TPSA) is 101 Å². The first-order valence-electron chi connectivity index (χ1n) is 10.4. The number of amides is 3. The zero-order chi connectivity index (χ0) is 25.1. The number of carbonyl (C=O) groups is 3. The molecule has 0 saturated heterocycles. The van der Waals surface area contributed by atoms with Crippen molar-refractivity contribution < 1.29 is 19.1 Å². The van der Waals surface area contributed by atoms with Crippen LogP contribution in [0.25, 0.3) is 10.9 Å². The van der Waals surface area contributed by atoms with E-state index in [0.29, 0.717) is 28.0 Å². The van der Waals surface area contributed by atoms with E-state index in [2.05, 4.69) is 47.9 Å². The zero-order valence-electron chi connectivity index (χ0n) is 18.7. The Morgan fingerprint density at radius 3 is 2.37 bits per heavy atom. The van der Waals surface area contributed by atoms with E-state index in [9.17, 15) is 14.4 Å². The third kappa shape index (κ3) is 5.55. The van der Waals surface area contributed by atoms with Crippen LogP contribution >= 0.6 is 31.9 Å². The monoisotopic (exact) mass is 598 g/mol. The lowest BCUT2D eigenvalue weighted by Gasteiger charge is -2.13. The van der Waals surface area contributed by atoms with Crippen LogP contribution in [0.5, 0.6) is 5.75 Å². The Morgan fingerprint density at radius 2 is 1.63 bits per heavy atom. The predicted octanol–water partition coefficient (Wildman–Crippen LogP) is 5.44. The van der Waals surface area contributed by atoms with Gasteiger partial charge in [-0.3, -0.25) is 19.8 Å². The first kappa shape index (κ1) is 24.5. The molecule has 0 aliphatic heterocycles. The smallest absolute Gasteiger partial charge is 0.328 e. The fraction of sp³-hybridized carbons (Fsp3) is 0.0800. The molecule has 0 saturated carbocycles. The molecule has 0 atom stereocenters. The fourth-order valence-electron chi connectivity index (χ4n) is 3.43. The summed E-state index contributed by atoms with van der Waals surface area (Å²) in [4.78, 5) is 38.5. The fourth-order valence-corrected chi connectivity index (χ4v) is 4.06. The second kappa shape index (κ2) is 10.3. The van der Waals surface area contributed by atoms with Crippen molar-refractivity contribution in [3.8, 4) is 5.75 Å². The Hall–Kier alpha value is -3.63. The van der Waals surface area contributed by atoms with E-state index in [-0.39, 0.29) is 5.69 Å². The molecule has 0 radical (unpaired) electrons. The van der Waals surface area contributed by atoms with E-state index in [1.54, 1.807) is 48.5 Å². The Labute approximate surface area is 217 Å². The van der Waals surface area contributed by atoms with E-state index in [1.807, 2.05) is 25.1 Å². The van der Waals surface area contributed by atoms with E-state index in [4.69, 9.17) is 4.74 Å². The minimum atomic E-state index is -0.943. The molecule has 1 heterocycles. The van der Waals surface area contributed by atoms with Gasteiger partial charge in [0.25, 0.3) is 5.91 Å². The van der Waals surface area contributed by atoms with Crippen LogP contribution in [0.15, 0.2) is 75.7 Å². The maximum absolute atomic E-state index is 13.2. The van der Waals surface area contributed by atoms with E-state index in [1.165, 1.54) is 11.8 Å². The number of rotatable bonds is 5. The van der Waals surface area contributed by atoms with Gasteiger partial charge in [0.2, 0.25) is 0 Å². The summed E-state index contributed by atoms with van der Waals surface area (Å²) in [6, 6.07) is 19.0. The van der Waals surface area contributed by atoms with Gasteiger partial charge in [0.05, 0.1) is 12.6 Å². The highest BCUT2D eigenvalue weighted by Gasteiger charge is 2.21. The van der Waals surface area contributed by atoms with Crippen LogP contribution in [0.3, 0.4) is 0 Å². The molecule has 4 rings (SSSR count). The van der Waals surface area contributed by atoms with Crippen molar-refractivity contribution in [2.75, 3.05) is 23.2 Å². The molecular weight excluding hydrogens is 580 g/mol. The number of ether oxygens (including phenoxy) is 1. The lowest BCUT2D eigenvalue weighted by atomic mass is 10.2. The van der Waals surface area contributed by atoms with Crippen molar-refractivity contribution in [3.63, 3.8) is 0 Å². The van der Waals surface area contributed by atoms with Gasteiger partial charge in [-0.05, 0) is 67.1 Å². The highest BCUT2D eigenvalue weighted by atomic mass is 79.9. The molecule has 8 nitrogen and oxygen atoms in total. The van der Waals surface area contributed by atoms with E-state index >= 15 is 0 Å². The number of fused-ring (bicyclic) bond motifs is 1. The summed E-state index contributed by atoms with van der Waals surface area (Å²) >= 11 is 6.86. The molecule has 3 aromatic carbocycles. The van der Waals surface area contributed by atoms with Crippen molar-refractivity contribution in [1.29, 1.82) is 0 Å². The summed E-state index contributed by atoms with van der Waals surface area (Å²) in [5.41, 5.74) is 5.19. The molecule has 35 heavy (non-hydrogen) atoms. The van der Waals surface area contributed by atoms with Crippen LogP contribution in [-0.4, -0.2) is 29.5 Å². The third-order valence-corrected chi connectivity index (χ3v) is 6.54. The first-order valence-corrected chi connectivity index (χ1v) is 12.0. The molecule has 10 heteroatoms. The number of carbonyl (C=O) groups excluding carboxylic acids is 3. The van der Waals surface area contributed by atoms with Gasteiger partial charge >= 0.3 is 11.8 Å². The highest BCUT2D eigenvalue weighted by Crippen LogP contribution is 2.25. The number of aryl methyl sites for hydroxylation is 1. The number of aromatic nitrogens is 1. The summed E-state index contributed by atoms with van der Waals surface area (Å²) in [5, 5.41) is 6.07. The van der Waals surface area contributed by atoms with Gasteiger partial charge in [0.15, 0.2) is 0 Å². The average Bonchev–Trinajstić information content (AvgIpc) is 3.18. The van der Waals surface area contributed by atoms with Gasteiger partial charge < -0.3 is 15.4 Å². The number of benzene rings is 3. The average molecular weight is 600 g/mol. The van der Waals surface area contributed by atoms with Crippen molar-refractivity contribution in [2.24, 2.45) is 0 Å². The number of anilines is 2. The van der Waals surface area contributed by atoms with Crippen molar-refractivity contribution >= 4 is 71.9 Å². The second-order valence-electron chi connectivity index (χ2n) is 7.61. The largest absolute Gasteiger partial charge is 0.497 e. The zero-order valence-corrected chi connectivity index (χ0v) is 21.9. The van der Waals surface area contributed by atoms with E-state index in [0.717, 1.165) is 14.5 Å². The summed E-state index contributed by atoms with van der Waals surface area (Å²) in [5.74, 6) is -1.76. The molecular formula is C25H20Br2N4O4. The third-order valence-electron chi connectivity index (χ3n) is 5.16. The Kier molecular flexibility index (Phi) is 7.23. The molecule has 0 spiro atoms. The van der Waals surface area contributed by atoms with Crippen molar-refractivity contribution in [2.45, 2.75) is 6.92 Å². The van der Waals surface area contributed by atoms with Crippen molar-refractivity contribution in [1.82, 2.24) is 4.68 Å². The van der Waals surface area contributed by atoms with Crippen LogP contribution in [0.2, 0.25) is 0 Å². The standard InChI is InChI=1S/C25H20Br2N4O4/c1-14-10-18(7-8-20(14)27)28-23(32)22-12-15-11-16(26)6-9-21(15)31(22)30-25(34)24(33)29-17-4-3-5-19(13-17)35-2/h3-13H,1-2H3,(H,28,32)(H,29,33)(H,30,34). The number of nitrogens with one attached hydrogen (secondary N) is 3. The molecule has 0 unspecified atom stereocenters. The lowest BCUT2D eigenvalue weighted by molar-refractivity contribution is -0.133. The maximum atomic E-state index is 13.2. The van der Waals surface area contributed by atoms with Gasteiger partial charge in [-0.15, -0.1) is 0 Å². The minimum absolute atomic E-state index is 0.154. The summed E-state index contributed by atoms with van der Waals surface area (Å²) in [7, 11) is 1.51. The number of nitrogens with zero attached hydrogens (tertiary/aromatic N) is 1. The maximum Gasteiger partial charge on any atom is 0.328 e. The van der Waals surface area contributed by atoms with E-state index < -0.39 is 17.7 Å². The van der Waals surface area contributed by atoms with Gasteiger partial charge in [0.1, 0.15) is 11.4 Å². The number of hydrogen-bond acceptors (Lipinski definition) is 4. The number of halogens is 2. The number of hydrogen-bond donors (Lipinski definition) is 3. The van der Waals surface area contributed by atoms with Crippen LogP contribution in [-0.2, 0) is 9.59 Å². The summed E-state index contributed by atoms with van der Waals surface area (Å²) < 4.78 is 8.17.